The van der Waals surface area contributed by atoms with Crippen LogP contribution in [-0.4, -0.2) is 38.2 Å². The van der Waals surface area contributed by atoms with Gasteiger partial charge in [-0.2, -0.15) is 0 Å². The van der Waals surface area contributed by atoms with Crippen LogP contribution >= 0.6 is 11.3 Å². The number of benzene rings is 1. The van der Waals surface area contributed by atoms with Crippen molar-refractivity contribution in [3.05, 3.63) is 39.8 Å². The van der Waals surface area contributed by atoms with E-state index in [-0.39, 0.29) is 5.91 Å². The van der Waals surface area contributed by atoms with E-state index in [0.29, 0.717) is 29.7 Å². The van der Waals surface area contributed by atoms with Crippen LogP contribution in [0.5, 0.6) is 11.5 Å². The molecule has 1 unspecified atom stereocenters. The predicted octanol–water partition coefficient (Wildman–Crippen LogP) is 2.56. The van der Waals surface area contributed by atoms with Gasteiger partial charge in [0.25, 0.3) is 5.91 Å². The number of ether oxygens (including phenoxy) is 2. The number of nitrogens with zero attached hydrogens (tertiary/aromatic N) is 1. The summed E-state index contributed by atoms with van der Waals surface area (Å²) in [6.07, 6.45) is 2.29. The maximum Gasteiger partial charge on any atom is 0.271 e. The largest absolute Gasteiger partial charge is 0.497 e. The SMILES string of the molecule is COc1cc(CNC(=O)c2csc(C3CCCNC3)n2)cc(OC)c1. The van der Waals surface area contributed by atoms with Gasteiger partial charge >= 0.3 is 0 Å². The van der Waals surface area contributed by atoms with Crippen LogP contribution in [0.25, 0.3) is 0 Å². The van der Waals surface area contributed by atoms with Crippen molar-refractivity contribution in [1.29, 1.82) is 0 Å². The zero-order chi connectivity index (χ0) is 17.6. The Morgan fingerprint density at radius 2 is 2.08 bits per heavy atom. The molecule has 2 N–H and O–H groups in total. The van der Waals surface area contributed by atoms with E-state index < -0.39 is 0 Å². The molecule has 0 spiro atoms. The molecule has 1 saturated heterocycles. The molecule has 1 amide bonds. The van der Waals surface area contributed by atoms with Gasteiger partial charge in [-0.15, -0.1) is 11.3 Å². The van der Waals surface area contributed by atoms with Crippen LogP contribution in [0.2, 0.25) is 0 Å². The van der Waals surface area contributed by atoms with Crippen molar-refractivity contribution in [3.63, 3.8) is 0 Å². The first-order valence-corrected chi connectivity index (χ1v) is 9.24. The fourth-order valence-corrected chi connectivity index (χ4v) is 3.82. The quantitative estimate of drug-likeness (QED) is 0.827. The second kappa shape index (κ2) is 8.31. The molecule has 0 bridgehead atoms. The van der Waals surface area contributed by atoms with E-state index in [1.54, 1.807) is 31.6 Å². The molecular formula is C18H23N3O3S. The molecule has 6 nitrogen and oxygen atoms in total. The minimum Gasteiger partial charge on any atom is -0.497 e. The summed E-state index contributed by atoms with van der Waals surface area (Å²) in [5, 5.41) is 9.18. The second-order valence-corrected chi connectivity index (χ2v) is 6.91. The molecule has 2 heterocycles. The number of nitrogens with one attached hydrogen (secondary N) is 2. The van der Waals surface area contributed by atoms with Crippen LogP contribution in [0.4, 0.5) is 0 Å². The Labute approximate surface area is 151 Å². The number of carbonyl (C=O) groups is 1. The molecule has 25 heavy (non-hydrogen) atoms. The van der Waals surface area contributed by atoms with Crippen molar-refractivity contribution in [2.24, 2.45) is 0 Å². The zero-order valence-corrected chi connectivity index (χ0v) is 15.3. The van der Waals surface area contributed by atoms with Gasteiger partial charge in [0.2, 0.25) is 0 Å². The highest BCUT2D eigenvalue weighted by Gasteiger charge is 2.20. The summed E-state index contributed by atoms with van der Waals surface area (Å²) >= 11 is 1.57. The minimum absolute atomic E-state index is 0.159. The topological polar surface area (TPSA) is 72.5 Å². The molecule has 1 aliphatic heterocycles. The Hall–Kier alpha value is -2.12. The van der Waals surface area contributed by atoms with E-state index in [9.17, 15) is 4.79 Å². The lowest BCUT2D eigenvalue weighted by Gasteiger charge is -2.20. The molecular weight excluding hydrogens is 338 g/mol. The van der Waals surface area contributed by atoms with Crippen molar-refractivity contribution in [3.8, 4) is 11.5 Å². The second-order valence-electron chi connectivity index (χ2n) is 6.02. The van der Waals surface area contributed by atoms with Crippen molar-refractivity contribution < 1.29 is 14.3 Å². The smallest absolute Gasteiger partial charge is 0.271 e. The lowest BCUT2D eigenvalue weighted by Crippen LogP contribution is -2.28. The minimum atomic E-state index is -0.159. The number of carbonyl (C=O) groups excluding carboxylic acids is 1. The number of methoxy groups -OCH3 is 2. The Morgan fingerprint density at radius 3 is 2.72 bits per heavy atom. The van der Waals surface area contributed by atoms with Gasteiger partial charge in [-0.05, 0) is 37.1 Å². The molecule has 0 aliphatic carbocycles. The first-order chi connectivity index (χ1) is 12.2. The number of rotatable bonds is 6. The first-order valence-electron chi connectivity index (χ1n) is 8.36. The summed E-state index contributed by atoms with van der Waals surface area (Å²) in [4.78, 5) is 16.9. The Morgan fingerprint density at radius 1 is 1.32 bits per heavy atom. The Bertz CT molecular complexity index is 704. The van der Waals surface area contributed by atoms with Gasteiger partial charge in [-0.25, -0.2) is 4.98 Å². The summed E-state index contributed by atoms with van der Waals surface area (Å²) in [5.74, 6) is 1.66. The van der Waals surface area contributed by atoms with Crippen molar-refractivity contribution in [2.75, 3.05) is 27.3 Å². The van der Waals surface area contributed by atoms with Crippen LogP contribution in [0.15, 0.2) is 23.6 Å². The van der Waals surface area contributed by atoms with E-state index in [0.717, 1.165) is 36.5 Å². The Kier molecular flexibility index (Phi) is 5.88. The molecule has 1 aromatic carbocycles. The monoisotopic (exact) mass is 361 g/mol. The number of hydrogen-bond acceptors (Lipinski definition) is 6. The predicted molar refractivity (Wildman–Crippen MR) is 97.7 cm³/mol. The third kappa shape index (κ3) is 4.49. The number of thiazole rings is 1. The number of hydrogen-bond donors (Lipinski definition) is 2. The first kappa shape index (κ1) is 17.7. The molecule has 0 radical (unpaired) electrons. The van der Waals surface area contributed by atoms with E-state index in [4.69, 9.17) is 9.47 Å². The van der Waals surface area contributed by atoms with E-state index in [1.807, 2.05) is 17.5 Å². The fraction of sp³-hybridized carbons (Fsp3) is 0.444. The molecule has 1 aromatic heterocycles. The van der Waals surface area contributed by atoms with Crippen LogP contribution in [0.1, 0.15) is 39.8 Å². The lowest BCUT2D eigenvalue weighted by atomic mass is 10.0. The van der Waals surface area contributed by atoms with Gasteiger partial charge in [0.1, 0.15) is 17.2 Å². The van der Waals surface area contributed by atoms with Gasteiger partial charge in [-0.3, -0.25) is 4.79 Å². The van der Waals surface area contributed by atoms with Crippen molar-refractivity contribution >= 4 is 17.2 Å². The van der Waals surface area contributed by atoms with E-state index in [2.05, 4.69) is 15.6 Å². The highest BCUT2D eigenvalue weighted by Crippen LogP contribution is 2.26. The summed E-state index contributed by atoms with van der Waals surface area (Å²) in [7, 11) is 3.21. The molecule has 0 saturated carbocycles. The van der Waals surface area contributed by atoms with Gasteiger partial charge in [0, 0.05) is 30.5 Å². The van der Waals surface area contributed by atoms with Gasteiger partial charge in [0.15, 0.2) is 0 Å². The van der Waals surface area contributed by atoms with Crippen molar-refractivity contribution in [2.45, 2.75) is 25.3 Å². The van der Waals surface area contributed by atoms with Gasteiger partial charge < -0.3 is 20.1 Å². The summed E-state index contributed by atoms with van der Waals surface area (Å²) in [6.45, 7) is 2.40. The highest BCUT2D eigenvalue weighted by atomic mass is 32.1. The maximum atomic E-state index is 12.4. The van der Waals surface area contributed by atoms with Crippen LogP contribution in [0.3, 0.4) is 0 Å². The van der Waals surface area contributed by atoms with Gasteiger partial charge in [0.05, 0.1) is 19.2 Å². The standard InChI is InChI=1S/C18H23N3O3S/c1-23-14-6-12(7-15(8-14)24-2)9-20-17(22)16-11-25-18(21-16)13-4-3-5-19-10-13/h6-8,11,13,19H,3-5,9-10H2,1-2H3,(H,20,22). The van der Waals surface area contributed by atoms with Crippen LogP contribution < -0.4 is 20.1 Å². The molecule has 2 aromatic rings. The number of amides is 1. The maximum absolute atomic E-state index is 12.4. The average molecular weight is 361 g/mol. The third-order valence-electron chi connectivity index (χ3n) is 4.27. The molecule has 1 fully saturated rings. The van der Waals surface area contributed by atoms with Gasteiger partial charge in [-0.1, -0.05) is 0 Å². The normalized spacial score (nSPS) is 17.1. The van der Waals surface area contributed by atoms with Crippen molar-refractivity contribution in [1.82, 2.24) is 15.6 Å². The molecule has 134 valence electrons. The number of aromatic nitrogens is 1. The van der Waals surface area contributed by atoms with E-state index >= 15 is 0 Å². The molecule has 1 aliphatic rings. The zero-order valence-electron chi connectivity index (χ0n) is 14.5. The molecule has 3 rings (SSSR count). The molecule has 1 atom stereocenters. The Balaban J connectivity index is 1.62. The van der Waals surface area contributed by atoms with E-state index in [1.165, 1.54) is 0 Å². The third-order valence-corrected chi connectivity index (χ3v) is 5.27. The summed E-state index contributed by atoms with van der Waals surface area (Å²) < 4.78 is 10.5. The number of piperidine rings is 1. The fourth-order valence-electron chi connectivity index (χ4n) is 2.88. The molecule has 7 heteroatoms. The average Bonchev–Trinajstić information content (AvgIpc) is 3.16. The summed E-state index contributed by atoms with van der Waals surface area (Å²) in [5.41, 5.74) is 1.40. The summed E-state index contributed by atoms with van der Waals surface area (Å²) in [6, 6.07) is 5.56. The highest BCUT2D eigenvalue weighted by molar-refractivity contribution is 7.09. The van der Waals surface area contributed by atoms with Crippen LogP contribution in [-0.2, 0) is 6.54 Å². The van der Waals surface area contributed by atoms with Crippen LogP contribution in [0, 0.1) is 0 Å². The lowest BCUT2D eigenvalue weighted by molar-refractivity contribution is 0.0946.